The largest absolute Gasteiger partial charge is 0.491 e. The van der Waals surface area contributed by atoms with Gasteiger partial charge in [0.2, 0.25) is 5.89 Å². The normalized spacial score (nSPS) is 11.8. The highest BCUT2D eigenvalue weighted by molar-refractivity contribution is 6.31. The topological polar surface area (TPSA) is 52.3 Å². The molecule has 0 fully saturated rings. The van der Waals surface area contributed by atoms with Crippen molar-refractivity contribution in [3.05, 3.63) is 95.4 Å². The number of ketones is 1. The molecule has 4 aromatic rings. The molecule has 0 bridgehead atoms. The van der Waals surface area contributed by atoms with Crippen LogP contribution in [0.15, 0.2) is 77.2 Å². The standard InChI is InChI=1S/C26H23NO3/c1-17(2)29-21-14-12-20(13-15-21)25(28)22(16-19-10-8-18(3)9-11-19)26-27-23-6-4-5-7-24(23)30-26/h4-17H,1-3H3/b22-16-. The number of oxazole rings is 1. The summed E-state index contributed by atoms with van der Waals surface area (Å²) in [4.78, 5) is 18.0. The molecule has 1 heterocycles. The van der Waals surface area contributed by atoms with Crippen molar-refractivity contribution in [1.29, 1.82) is 0 Å². The molecule has 0 amide bonds. The molecule has 0 N–H and O–H groups in total. The quantitative estimate of drug-likeness (QED) is 0.281. The van der Waals surface area contributed by atoms with E-state index in [9.17, 15) is 4.79 Å². The van der Waals surface area contributed by atoms with Crippen molar-refractivity contribution in [3.63, 3.8) is 0 Å². The highest BCUT2D eigenvalue weighted by Crippen LogP contribution is 2.27. The first-order chi connectivity index (χ1) is 14.5. The van der Waals surface area contributed by atoms with E-state index in [1.54, 1.807) is 12.1 Å². The molecule has 0 unspecified atom stereocenters. The molecule has 4 heteroatoms. The van der Waals surface area contributed by atoms with Crippen LogP contribution in [0.5, 0.6) is 5.75 Å². The van der Waals surface area contributed by atoms with Crippen molar-refractivity contribution >= 4 is 28.5 Å². The van der Waals surface area contributed by atoms with E-state index in [1.807, 2.05) is 87.5 Å². The SMILES string of the molecule is Cc1ccc(/C=C(/C(=O)c2ccc(OC(C)C)cc2)c2nc3ccccc3o2)cc1. The van der Waals surface area contributed by atoms with Crippen LogP contribution in [0.3, 0.4) is 0 Å². The van der Waals surface area contributed by atoms with Crippen LogP contribution in [0, 0.1) is 6.92 Å². The molecule has 0 aliphatic heterocycles. The number of carbonyl (C=O) groups excluding carboxylic acids is 1. The Bertz CT molecular complexity index is 1170. The van der Waals surface area contributed by atoms with Crippen molar-refractivity contribution in [2.45, 2.75) is 26.9 Å². The zero-order valence-electron chi connectivity index (χ0n) is 17.3. The van der Waals surface area contributed by atoms with Crippen LogP contribution in [-0.2, 0) is 0 Å². The van der Waals surface area contributed by atoms with Crippen LogP contribution < -0.4 is 4.74 Å². The summed E-state index contributed by atoms with van der Waals surface area (Å²) >= 11 is 0. The number of hydrogen-bond acceptors (Lipinski definition) is 4. The van der Waals surface area contributed by atoms with Crippen LogP contribution in [0.1, 0.15) is 41.2 Å². The van der Waals surface area contributed by atoms with E-state index in [0.29, 0.717) is 22.6 Å². The minimum atomic E-state index is -0.154. The molecular weight excluding hydrogens is 374 g/mol. The monoisotopic (exact) mass is 397 g/mol. The van der Waals surface area contributed by atoms with Crippen molar-refractivity contribution < 1.29 is 13.9 Å². The lowest BCUT2D eigenvalue weighted by Crippen LogP contribution is -2.06. The average molecular weight is 397 g/mol. The molecule has 0 saturated carbocycles. The number of ether oxygens (including phenoxy) is 1. The molecule has 4 nitrogen and oxygen atoms in total. The number of hydrogen-bond donors (Lipinski definition) is 0. The first-order valence-corrected chi connectivity index (χ1v) is 9.95. The molecule has 0 aliphatic carbocycles. The number of nitrogens with zero attached hydrogens (tertiary/aromatic N) is 1. The minimum absolute atomic E-state index is 0.0725. The predicted octanol–water partition coefficient (Wildman–Crippen LogP) is 6.35. The Morgan fingerprint density at radius 2 is 1.67 bits per heavy atom. The minimum Gasteiger partial charge on any atom is -0.491 e. The Balaban J connectivity index is 1.76. The van der Waals surface area contributed by atoms with Crippen molar-refractivity contribution in [3.8, 4) is 5.75 Å². The fourth-order valence-electron chi connectivity index (χ4n) is 3.15. The average Bonchev–Trinajstić information content (AvgIpc) is 3.17. The number of fused-ring (bicyclic) bond motifs is 1. The molecule has 150 valence electrons. The molecule has 30 heavy (non-hydrogen) atoms. The summed E-state index contributed by atoms with van der Waals surface area (Å²) in [5.74, 6) is 0.884. The Hall–Kier alpha value is -3.66. The summed E-state index contributed by atoms with van der Waals surface area (Å²) < 4.78 is 11.6. The van der Waals surface area contributed by atoms with E-state index in [-0.39, 0.29) is 11.9 Å². The third-order valence-electron chi connectivity index (χ3n) is 4.65. The molecule has 4 rings (SSSR count). The lowest BCUT2D eigenvalue weighted by Gasteiger charge is -2.10. The lowest BCUT2D eigenvalue weighted by molar-refractivity contribution is 0.105. The van der Waals surface area contributed by atoms with Crippen LogP contribution >= 0.6 is 0 Å². The Morgan fingerprint density at radius 3 is 2.33 bits per heavy atom. The van der Waals surface area contributed by atoms with Gasteiger partial charge in [-0.1, -0.05) is 42.0 Å². The number of para-hydroxylation sites is 2. The highest BCUT2D eigenvalue weighted by atomic mass is 16.5. The van der Waals surface area contributed by atoms with E-state index in [2.05, 4.69) is 4.98 Å². The van der Waals surface area contributed by atoms with E-state index < -0.39 is 0 Å². The fourth-order valence-corrected chi connectivity index (χ4v) is 3.15. The van der Waals surface area contributed by atoms with E-state index >= 15 is 0 Å². The second-order valence-corrected chi connectivity index (χ2v) is 7.48. The second kappa shape index (κ2) is 8.37. The summed E-state index contributed by atoms with van der Waals surface area (Å²) in [6.07, 6.45) is 1.90. The van der Waals surface area contributed by atoms with Gasteiger partial charge in [-0.3, -0.25) is 4.79 Å². The number of aromatic nitrogens is 1. The first-order valence-electron chi connectivity index (χ1n) is 9.95. The van der Waals surface area contributed by atoms with Gasteiger partial charge in [0.15, 0.2) is 11.4 Å². The van der Waals surface area contributed by atoms with Gasteiger partial charge in [0.1, 0.15) is 11.3 Å². The molecule has 3 aromatic carbocycles. The Labute approximate surface area is 175 Å². The fraction of sp³-hybridized carbons (Fsp3) is 0.154. The smallest absolute Gasteiger partial charge is 0.231 e. The summed E-state index contributed by atoms with van der Waals surface area (Å²) in [7, 11) is 0. The summed E-state index contributed by atoms with van der Waals surface area (Å²) in [5, 5.41) is 0. The van der Waals surface area contributed by atoms with Gasteiger partial charge >= 0.3 is 0 Å². The molecule has 0 saturated heterocycles. The maximum absolute atomic E-state index is 13.4. The van der Waals surface area contributed by atoms with Gasteiger partial charge in [-0.15, -0.1) is 0 Å². The van der Waals surface area contributed by atoms with Crippen molar-refractivity contribution in [1.82, 2.24) is 4.98 Å². The van der Waals surface area contributed by atoms with Crippen LogP contribution in [0.25, 0.3) is 22.7 Å². The van der Waals surface area contributed by atoms with E-state index in [1.165, 1.54) is 0 Å². The molecule has 0 aliphatic rings. The zero-order chi connectivity index (χ0) is 21.1. The van der Waals surface area contributed by atoms with Gasteiger partial charge in [0.05, 0.1) is 11.7 Å². The van der Waals surface area contributed by atoms with Crippen molar-refractivity contribution in [2.75, 3.05) is 0 Å². The van der Waals surface area contributed by atoms with Gasteiger partial charge in [0.25, 0.3) is 0 Å². The van der Waals surface area contributed by atoms with Crippen LogP contribution in [0.2, 0.25) is 0 Å². The van der Waals surface area contributed by atoms with Crippen LogP contribution in [-0.4, -0.2) is 16.9 Å². The second-order valence-electron chi connectivity index (χ2n) is 7.48. The highest BCUT2D eigenvalue weighted by Gasteiger charge is 2.20. The molecular formula is C26H23NO3. The van der Waals surface area contributed by atoms with Gasteiger partial charge in [0, 0.05) is 5.56 Å². The maximum atomic E-state index is 13.4. The molecule has 0 atom stereocenters. The van der Waals surface area contributed by atoms with Gasteiger partial charge < -0.3 is 9.15 Å². The molecule has 1 aromatic heterocycles. The number of carbonyl (C=O) groups is 1. The van der Waals surface area contributed by atoms with Crippen molar-refractivity contribution in [2.24, 2.45) is 0 Å². The van der Waals surface area contributed by atoms with Crippen LogP contribution in [0.4, 0.5) is 0 Å². The van der Waals surface area contributed by atoms with Gasteiger partial charge in [-0.25, -0.2) is 4.98 Å². The van der Waals surface area contributed by atoms with Gasteiger partial charge in [-0.05, 0) is 68.8 Å². The number of benzene rings is 3. The molecule has 0 radical (unpaired) electrons. The zero-order valence-corrected chi connectivity index (χ0v) is 17.3. The Kier molecular flexibility index (Phi) is 5.48. The third-order valence-corrected chi connectivity index (χ3v) is 4.65. The number of Topliss-reactive ketones (excluding diaryl/α,β-unsaturated/α-hetero) is 1. The molecule has 0 spiro atoms. The number of rotatable bonds is 6. The lowest BCUT2D eigenvalue weighted by atomic mass is 10.0. The maximum Gasteiger partial charge on any atom is 0.231 e. The summed E-state index contributed by atoms with van der Waals surface area (Å²) in [6, 6.07) is 22.6. The first kappa shape index (κ1) is 19.6. The third kappa shape index (κ3) is 4.33. The summed E-state index contributed by atoms with van der Waals surface area (Å²) in [6.45, 7) is 5.96. The van der Waals surface area contributed by atoms with E-state index in [4.69, 9.17) is 9.15 Å². The van der Waals surface area contributed by atoms with E-state index in [0.717, 1.165) is 22.4 Å². The Morgan fingerprint density at radius 1 is 0.967 bits per heavy atom. The van der Waals surface area contributed by atoms with Gasteiger partial charge in [-0.2, -0.15) is 0 Å². The summed E-state index contributed by atoms with van der Waals surface area (Å²) in [5.41, 5.74) is 4.39. The number of aryl methyl sites for hydroxylation is 1. The predicted molar refractivity (Wildman–Crippen MR) is 120 cm³/mol. The number of allylic oxidation sites excluding steroid dienone is 1.